The van der Waals surface area contributed by atoms with Crippen LogP contribution in [0.3, 0.4) is 0 Å². The third-order valence-electron chi connectivity index (χ3n) is 4.87. The molecule has 0 bridgehead atoms. The molecule has 2 heterocycles. The van der Waals surface area contributed by atoms with Gasteiger partial charge in [0, 0.05) is 49.4 Å². The Labute approximate surface area is 155 Å². The summed E-state index contributed by atoms with van der Waals surface area (Å²) in [5, 5.41) is 15.8. The van der Waals surface area contributed by atoms with Gasteiger partial charge in [0.15, 0.2) is 0 Å². The lowest BCUT2D eigenvalue weighted by atomic mass is 10.2. The van der Waals surface area contributed by atoms with E-state index >= 15 is 0 Å². The lowest BCUT2D eigenvalue weighted by Gasteiger charge is -2.36. The highest BCUT2D eigenvalue weighted by Crippen LogP contribution is 2.21. The number of amides is 1. The summed E-state index contributed by atoms with van der Waals surface area (Å²) in [7, 11) is 0. The van der Waals surface area contributed by atoms with Crippen molar-refractivity contribution in [1.29, 1.82) is 0 Å². The minimum absolute atomic E-state index is 0.00562. The number of hydrogen-bond acceptors (Lipinski definition) is 5. The Morgan fingerprint density at radius 1 is 1.07 bits per heavy atom. The largest absolute Gasteiger partial charge is 0.368 e. The summed E-state index contributed by atoms with van der Waals surface area (Å²) in [5.41, 5.74) is 1.91. The lowest BCUT2D eigenvalue weighted by molar-refractivity contribution is -0.384. The van der Waals surface area contributed by atoms with E-state index in [1.165, 1.54) is 17.8 Å². The Bertz CT molecular complexity index is 977. The molecule has 1 aliphatic heterocycles. The fourth-order valence-corrected chi connectivity index (χ4v) is 3.40. The third kappa shape index (κ3) is 3.46. The van der Waals surface area contributed by atoms with Crippen LogP contribution in [0.4, 0.5) is 11.4 Å². The van der Waals surface area contributed by atoms with Crippen molar-refractivity contribution < 1.29 is 9.72 Å². The van der Waals surface area contributed by atoms with E-state index in [1.807, 2.05) is 23.1 Å². The SMILES string of the molecule is O=C(Cn1ncc2cc([N+](=O)[O-])ccc21)N1CCN(c2ccccc2)CC1. The molecule has 1 aromatic heterocycles. The number of piperazine rings is 1. The van der Waals surface area contributed by atoms with Crippen molar-refractivity contribution in [2.45, 2.75) is 6.54 Å². The first kappa shape index (κ1) is 17.0. The third-order valence-corrected chi connectivity index (χ3v) is 4.87. The summed E-state index contributed by atoms with van der Waals surface area (Å²) in [5.74, 6) is 0.00562. The minimum Gasteiger partial charge on any atom is -0.368 e. The molecule has 0 unspecified atom stereocenters. The van der Waals surface area contributed by atoms with Crippen molar-refractivity contribution >= 4 is 28.2 Å². The molecule has 0 radical (unpaired) electrons. The maximum Gasteiger partial charge on any atom is 0.270 e. The van der Waals surface area contributed by atoms with Gasteiger partial charge in [0.25, 0.3) is 5.69 Å². The Hall–Kier alpha value is -3.42. The number of nitro benzene ring substituents is 1. The molecule has 1 aliphatic rings. The zero-order chi connectivity index (χ0) is 18.8. The number of para-hydroxylation sites is 1. The molecule has 0 atom stereocenters. The van der Waals surface area contributed by atoms with Gasteiger partial charge in [-0.15, -0.1) is 0 Å². The highest BCUT2D eigenvalue weighted by Gasteiger charge is 2.22. The Morgan fingerprint density at radius 3 is 2.52 bits per heavy atom. The smallest absolute Gasteiger partial charge is 0.270 e. The van der Waals surface area contributed by atoms with E-state index in [0.717, 1.165) is 18.6 Å². The Morgan fingerprint density at radius 2 is 1.81 bits per heavy atom. The van der Waals surface area contributed by atoms with Crippen LogP contribution in [0.25, 0.3) is 10.9 Å². The van der Waals surface area contributed by atoms with Gasteiger partial charge in [-0.2, -0.15) is 5.10 Å². The zero-order valence-corrected chi connectivity index (χ0v) is 14.7. The van der Waals surface area contributed by atoms with Crippen LogP contribution >= 0.6 is 0 Å². The van der Waals surface area contributed by atoms with Crippen LogP contribution in [0, 0.1) is 10.1 Å². The highest BCUT2D eigenvalue weighted by atomic mass is 16.6. The molecule has 3 aromatic rings. The minimum atomic E-state index is -0.436. The number of fused-ring (bicyclic) bond motifs is 1. The number of nitrogens with zero attached hydrogens (tertiary/aromatic N) is 5. The normalized spacial score (nSPS) is 14.5. The first-order valence-electron chi connectivity index (χ1n) is 8.79. The molecule has 1 fully saturated rings. The number of hydrogen-bond donors (Lipinski definition) is 0. The molecule has 8 nitrogen and oxygen atoms in total. The molecule has 0 spiro atoms. The average Bonchev–Trinajstić information content (AvgIpc) is 3.11. The number of nitro groups is 1. The summed E-state index contributed by atoms with van der Waals surface area (Å²) in [6, 6.07) is 14.7. The fraction of sp³-hybridized carbons (Fsp3) is 0.263. The van der Waals surface area contributed by atoms with Gasteiger partial charge in [0.2, 0.25) is 5.91 Å². The van der Waals surface area contributed by atoms with E-state index in [9.17, 15) is 14.9 Å². The summed E-state index contributed by atoms with van der Waals surface area (Å²) in [4.78, 5) is 27.2. The van der Waals surface area contributed by atoms with Crippen molar-refractivity contribution in [3.8, 4) is 0 Å². The van der Waals surface area contributed by atoms with E-state index < -0.39 is 4.92 Å². The summed E-state index contributed by atoms with van der Waals surface area (Å²) in [6.07, 6.45) is 1.56. The number of carbonyl (C=O) groups is 1. The van der Waals surface area contributed by atoms with Gasteiger partial charge >= 0.3 is 0 Å². The number of rotatable bonds is 4. The fourth-order valence-electron chi connectivity index (χ4n) is 3.40. The standard InChI is InChI=1S/C19H19N5O3/c25-19(22-10-8-21(9-11-22)16-4-2-1-3-5-16)14-23-18-7-6-17(24(26)27)12-15(18)13-20-23/h1-7,12-13H,8-11,14H2. The summed E-state index contributed by atoms with van der Waals surface area (Å²) >= 11 is 0. The van der Waals surface area contributed by atoms with Crippen molar-refractivity contribution in [3.05, 3.63) is 64.8 Å². The van der Waals surface area contributed by atoms with Gasteiger partial charge in [-0.25, -0.2) is 0 Å². The predicted octanol–water partition coefficient (Wildman–Crippen LogP) is 2.29. The molecular formula is C19H19N5O3. The van der Waals surface area contributed by atoms with Crippen LogP contribution in [-0.4, -0.2) is 51.7 Å². The second-order valence-corrected chi connectivity index (χ2v) is 6.51. The molecule has 2 aromatic carbocycles. The summed E-state index contributed by atoms with van der Waals surface area (Å²) < 4.78 is 1.60. The predicted molar refractivity (Wildman–Crippen MR) is 102 cm³/mol. The number of anilines is 1. The van der Waals surface area contributed by atoms with E-state index in [4.69, 9.17) is 0 Å². The van der Waals surface area contributed by atoms with Crippen molar-refractivity contribution in [2.24, 2.45) is 0 Å². The average molecular weight is 365 g/mol. The highest BCUT2D eigenvalue weighted by molar-refractivity contribution is 5.83. The van der Waals surface area contributed by atoms with Gasteiger partial charge in [-0.1, -0.05) is 18.2 Å². The van der Waals surface area contributed by atoms with Gasteiger partial charge in [-0.3, -0.25) is 19.6 Å². The Kier molecular flexibility index (Phi) is 4.45. The van der Waals surface area contributed by atoms with Gasteiger partial charge in [0.05, 0.1) is 16.6 Å². The first-order chi connectivity index (χ1) is 13.1. The monoisotopic (exact) mass is 365 g/mol. The van der Waals surface area contributed by atoms with E-state index in [0.29, 0.717) is 18.5 Å². The molecule has 4 rings (SSSR count). The number of aromatic nitrogens is 2. The molecule has 1 saturated heterocycles. The maximum absolute atomic E-state index is 12.7. The maximum atomic E-state index is 12.7. The van der Waals surface area contributed by atoms with Crippen LogP contribution < -0.4 is 4.90 Å². The van der Waals surface area contributed by atoms with Crippen LogP contribution in [0.2, 0.25) is 0 Å². The number of benzene rings is 2. The van der Waals surface area contributed by atoms with E-state index in [2.05, 4.69) is 22.1 Å². The van der Waals surface area contributed by atoms with Crippen LogP contribution in [-0.2, 0) is 11.3 Å². The number of non-ortho nitro benzene ring substituents is 1. The van der Waals surface area contributed by atoms with E-state index in [1.54, 1.807) is 16.9 Å². The van der Waals surface area contributed by atoms with Crippen molar-refractivity contribution in [1.82, 2.24) is 14.7 Å². The van der Waals surface area contributed by atoms with Gasteiger partial charge in [-0.05, 0) is 18.2 Å². The van der Waals surface area contributed by atoms with Crippen LogP contribution in [0.1, 0.15) is 0 Å². The number of carbonyl (C=O) groups excluding carboxylic acids is 1. The van der Waals surface area contributed by atoms with E-state index in [-0.39, 0.29) is 18.1 Å². The zero-order valence-electron chi connectivity index (χ0n) is 14.7. The van der Waals surface area contributed by atoms with Crippen LogP contribution in [0.15, 0.2) is 54.7 Å². The molecule has 1 amide bonds. The van der Waals surface area contributed by atoms with Gasteiger partial charge < -0.3 is 9.80 Å². The van der Waals surface area contributed by atoms with Gasteiger partial charge in [0.1, 0.15) is 6.54 Å². The van der Waals surface area contributed by atoms with Crippen molar-refractivity contribution in [2.75, 3.05) is 31.1 Å². The molecule has 8 heteroatoms. The molecule has 0 aliphatic carbocycles. The van der Waals surface area contributed by atoms with Crippen LogP contribution in [0.5, 0.6) is 0 Å². The lowest BCUT2D eigenvalue weighted by Crippen LogP contribution is -2.49. The topological polar surface area (TPSA) is 84.5 Å². The summed E-state index contributed by atoms with van der Waals surface area (Å²) in [6.45, 7) is 3.05. The molecule has 138 valence electrons. The second kappa shape index (κ2) is 7.06. The quantitative estimate of drug-likeness (QED) is 0.523. The molecule has 0 saturated carbocycles. The first-order valence-corrected chi connectivity index (χ1v) is 8.79. The molecule has 27 heavy (non-hydrogen) atoms. The molecular weight excluding hydrogens is 346 g/mol. The Balaban J connectivity index is 1.41. The van der Waals surface area contributed by atoms with Crippen molar-refractivity contribution in [3.63, 3.8) is 0 Å². The second-order valence-electron chi connectivity index (χ2n) is 6.51. The molecule has 0 N–H and O–H groups in total.